The highest BCUT2D eigenvalue weighted by atomic mass is 32.2. The Balaban J connectivity index is 3.06. The first-order valence-electron chi connectivity index (χ1n) is 3.74. The molecule has 0 fully saturated rings. The van der Waals surface area contributed by atoms with Crippen molar-refractivity contribution >= 4 is 21.9 Å². The van der Waals surface area contributed by atoms with Gasteiger partial charge < -0.3 is 0 Å². The van der Waals surface area contributed by atoms with Crippen LogP contribution >= 0.6 is 11.8 Å². The first-order chi connectivity index (χ1) is 6.04. The average molecular weight is 218 g/mol. The molecule has 0 saturated heterocycles. The molecule has 1 aromatic carbocycles. The fourth-order valence-corrected chi connectivity index (χ4v) is 2.21. The van der Waals surface area contributed by atoms with Crippen molar-refractivity contribution in [1.29, 1.82) is 0 Å². The molecule has 0 spiro atoms. The van der Waals surface area contributed by atoms with Crippen LogP contribution in [0.2, 0.25) is 0 Å². The fourth-order valence-electron chi connectivity index (χ4n) is 0.891. The van der Waals surface area contributed by atoms with E-state index in [2.05, 4.69) is 0 Å². The molecule has 1 N–H and O–H groups in total. The van der Waals surface area contributed by atoms with Crippen molar-refractivity contribution < 1.29 is 13.0 Å². The van der Waals surface area contributed by atoms with Gasteiger partial charge in [0.1, 0.15) is 0 Å². The van der Waals surface area contributed by atoms with E-state index in [-0.39, 0.29) is 4.90 Å². The van der Waals surface area contributed by atoms with Gasteiger partial charge in [-0.1, -0.05) is 13.0 Å². The molecule has 1 rings (SSSR count). The van der Waals surface area contributed by atoms with Crippen molar-refractivity contribution in [2.24, 2.45) is 0 Å². The normalized spacial score (nSPS) is 11.5. The Kier molecular flexibility index (Phi) is 3.35. The lowest BCUT2D eigenvalue weighted by Gasteiger charge is -2.00. The molecule has 5 heteroatoms. The first-order valence-corrected chi connectivity index (χ1v) is 6.17. The van der Waals surface area contributed by atoms with Crippen molar-refractivity contribution in [1.82, 2.24) is 0 Å². The van der Waals surface area contributed by atoms with Gasteiger partial charge >= 0.3 is 0 Å². The highest BCUT2D eigenvalue weighted by Gasteiger charge is 2.08. The molecule has 0 radical (unpaired) electrons. The Morgan fingerprint density at radius 3 is 2.69 bits per heavy atom. The lowest BCUT2D eigenvalue weighted by atomic mass is 10.4. The molecule has 0 saturated carbocycles. The van der Waals surface area contributed by atoms with E-state index < -0.39 is 10.1 Å². The molecule has 0 heterocycles. The summed E-state index contributed by atoms with van der Waals surface area (Å²) in [4.78, 5) is 0.795. The zero-order chi connectivity index (χ0) is 9.90. The van der Waals surface area contributed by atoms with Crippen molar-refractivity contribution in [2.45, 2.75) is 16.7 Å². The molecule has 0 aromatic heterocycles. The van der Waals surface area contributed by atoms with E-state index in [4.69, 9.17) is 4.55 Å². The minimum atomic E-state index is -4.06. The smallest absolute Gasteiger partial charge is 0.282 e. The summed E-state index contributed by atoms with van der Waals surface area (Å²) in [5.41, 5.74) is 0. The van der Waals surface area contributed by atoms with E-state index >= 15 is 0 Å². The van der Waals surface area contributed by atoms with Crippen LogP contribution in [0.25, 0.3) is 0 Å². The summed E-state index contributed by atoms with van der Waals surface area (Å²) in [5.74, 6) is 0.870. The number of hydrogen-bond acceptors (Lipinski definition) is 3. The van der Waals surface area contributed by atoms with E-state index in [0.29, 0.717) is 0 Å². The third kappa shape index (κ3) is 3.02. The zero-order valence-corrected chi connectivity index (χ0v) is 8.73. The molecular formula is C8H10O3S2. The monoisotopic (exact) mass is 218 g/mol. The molecule has 72 valence electrons. The second-order valence-corrected chi connectivity index (χ2v) is 5.14. The Morgan fingerprint density at radius 1 is 1.46 bits per heavy atom. The summed E-state index contributed by atoms with van der Waals surface area (Å²) < 4.78 is 30.2. The summed E-state index contributed by atoms with van der Waals surface area (Å²) in [7, 11) is -4.06. The molecule has 0 amide bonds. The van der Waals surface area contributed by atoms with Crippen LogP contribution in [0.15, 0.2) is 34.1 Å². The van der Waals surface area contributed by atoms with Gasteiger partial charge in [0.25, 0.3) is 10.1 Å². The van der Waals surface area contributed by atoms with Gasteiger partial charge in [0.05, 0.1) is 4.90 Å². The molecule has 0 aliphatic heterocycles. The van der Waals surface area contributed by atoms with Crippen LogP contribution in [-0.4, -0.2) is 18.7 Å². The van der Waals surface area contributed by atoms with Gasteiger partial charge in [-0.3, -0.25) is 4.55 Å². The highest BCUT2D eigenvalue weighted by Crippen LogP contribution is 2.20. The maximum absolute atomic E-state index is 10.7. The molecule has 1 aromatic rings. The van der Waals surface area contributed by atoms with Gasteiger partial charge in [-0.2, -0.15) is 8.42 Å². The van der Waals surface area contributed by atoms with Crippen LogP contribution in [0.4, 0.5) is 0 Å². The molecule has 0 unspecified atom stereocenters. The van der Waals surface area contributed by atoms with Crippen LogP contribution in [0.3, 0.4) is 0 Å². The summed E-state index contributed by atoms with van der Waals surface area (Å²) >= 11 is 1.53. The van der Waals surface area contributed by atoms with Crippen molar-refractivity contribution in [3.05, 3.63) is 24.3 Å². The lowest BCUT2D eigenvalue weighted by molar-refractivity contribution is 0.483. The van der Waals surface area contributed by atoms with Crippen LogP contribution in [0.1, 0.15) is 6.92 Å². The van der Waals surface area contributed by atoms with Crippen LogP contribution < -0.4 is 0 Å². The third-order valence-electron chi connectivity index (χ3n) is 1.41. The Labute approximate surface area is 81.9 Å². The van der Waals surface area contributed by atoms with Crippen molar-refractivity contribution in [3.8, 4) is 0 Å². The summed E-state index contributed by atoms with van der Waals surface area (Å²) in [5, 5.41) is 0. The Hall–Kier alpha value is -0.520. The zero-order valence-electron chi connectivity index (χ0n) is 7.10. The standard InChI is InChI=1S/C8H10O3S2/c1-2-12-7-4-3-5-8(6-7)13(9,10)11/h3-6H,2H2,1H3,(H,9,10,11). The van der Waals surface area contributed by atoms with Gasteiger partial charge in [-0.05, 0) is 24.0 Å². The van der Waals surface area contributed by atoms with E-state index in [0.717, 1.165) is 10.6 Å². The summed E-state index contributed by atoms with van der Waals surface area (Å²) in [6, 6.07) is 6.25. The predicted molar refractivity (Wildman–Crippen MR) is 52.7 cm³/mol. The molecule has 0 aliphatic carbocycles. The average Bonchev–Trinajstić information content (AvgIpc) is 2.04. The van der Waals surface area contributed by atoms with E-state index in [1.807, 2.05) is 13.0 Å². The maximum Gasteiger partial charge on any atom is 0.294 e. The van der Waals surface area contributed by atoms with Gasteiger partial charge in [-0.15, -0.1) is 11.8 Å². The minimum absolute atomic E-state index is 0.0500. The molecule has 3 nitrogen and oxygen atoms in total. The van der Waals surface area contributed by atoms with Gasteiger partial charge in [-0.25, -0.2) is 0 Å². The minimum Gasteiger partial charge on any atom is -0.282 e. The fraction of sp³-hybridized carbons (Fsp3) is 0.250. The van der Waals surface area contributed by atoms with Crippen LogP contribution in [0.5, 0.6) is 0 Å². The SMILES string of the molecule is CCSc1cccc(S(=O)(=O)O)c1. The summed E-state index contributed by atoms with van der Waals surface area (Å²) in [6.07, 6.45) is 0. The van der Waals surface area contributed by atoms with E-state index in [1.165, 1.54) is 23.9 Å². The second kappa shape index (κ2) is 4.13. The number of thioether (sulfide) groups is 1. The Morgan fingerprint density at radius 2 is 2.15 bits per heavy atom. The van der Waals surface area contributed by atoms with Gasteiger partial charge in [0.2, 0.25) is 0 Å². The maximum atomic E-state index is 10.7. The molecule has 0 bridgehead atoms. The van der Waals surface area contributed by atoms with Crippen molar-refractivity contribution in [3.63, 3.8) is 0 Å². The third-order valence-corrected chi connectivity index (χ3v) is 3.14. The predicted octanol–water partition coefficient (Wildman–Crippen LogP) is 2.05. The van der Waals surface area contributed by atoms with Gasteiger partial charge in [0, 0.05) is 4.90 Å². The second-order valence-electron chi connectivity index (χ2n) is 2.38. The van der Waals surface area contributed by atoms with E-state index in [1.54, 1.807) is 6.07 Å². The molecule has 0 aliphatic rings. The van der Waals surface area contributed by atoms with Gasteiger partial charge in [0.15, 0.2) is 0 Å². The van der Waals surface area contributed by atoms with E-state index in [9.17, 15) is 8.42 Å². The summed E-state index contributed by atoms with van der Waals surface area (Å²) in [6.45, 7) is 1.98. The highest BCUT2D eigenvalue weighted by molar-refractivity contribution is 7.99. The largest absolute Gasteiger partial charge is 0.294 e. The lowest BCUT2D eigenvalue weighted by Crippen LogP contribution is -1.97. The molecule has 13 heavy (non-hydrogen) atoms. The van der Waals surface area contributed by atoms with Crippen molar-refractivity contribution in [2.75, 3.05) is 5.75 Å². The van der Waals surface area contributed by atoms with Crippen LogP contribution in [-0.2, 0) is 10.1 Å². The Bertz CT molecular complexity index is 384. The molecular weight excluding hydrogens is 208 g/mol. The first kappa shape index (κ1) is 10.6. The number of hydrogen-bond donors (Lipinski definition) is 1. The number of rotatable bonds is 3. The number of benzene rings is 1. The topological polar surface area (TPSA) is 54.4 Å². The van der Waals surface area contributed by atoms with Crippen LogP contribution in [0, 0.1) is 0 Å². The quantitative estimate of drug-likeness (QED) is 0.623. The molecule has 0 atom stereocenters.